The second kappa shape index (κ2) is 8.62. The summed E-state index contributed by atoms with van der Waals surface area (Å²) in [5.74, 6) is 1.95. The molecule has 0 bridgehead atoms. The highest BCUT2D eigenvalue weighted by Crippen LogP contribution is 2.22. The molecule has 150 valence electrons. The average molecular weight is 385 g/mol. The first-order valence-electron chi connectivity index (χ1n) is 9.75. The van der Waals surface area contributed by atoms with Crippen LogP contribution in [0, 0.1) is 0 Å². The maximum atomic E-state index is 12.5. The Balaban J connectivity index is 1.37. The Labute approximate surface area is 165 Å². The first-order valence-corrected chi connectivity index (χ1v) is 9.75. The topological polar surface area (TPSA) is 63.1 Å². The third-order valence-corrected chi connectivity index (χ3v) is 5.33. The Morgan fingerprint density at radius 3 is 2.68 bits per heavy atom. The van der Waals surface area contributed by atoms with Gasteiger partial charge in [-0.05, 0) is 12.1 Å². The van der Waals surface area contributed by atoms with Gasteiger partial charge >= 0.3 is 0 Å². The second-order valence-corrected chi connectivity index (χ2v) is 7.06. The molecule has 0 atom stereocenters. The van der Waals surface area contributed by atoms with Crippen LogP contribution in [0.3, 0.4) is 0 Å². The lowest BCUT2D eigenvalue weighted by atomic mass is 10.3. The summed E-state index contributed by atoms with van der Waals surface area (Å²) < 4.78 is 12.7. The smallest absolute Gasteiger partial charge is 0.236 e. The van der Waals surface area contributed by atoms with Gasteiger partial charge in [-0.1, -0.05) is 6.07 Å². The third kappa shape index (κ3) is 4.13. The summed E-state index contributed by atoms with van der Waals surface area (Å²) in [4.78, 5) is 23.4. The summed E-state index contributed by atoms with van der Waals surface area (Å²) in [5.41, 5.74) is 1.02. The van der Waals surface area contributed by atoms with Crippen molar-refractivity contribution in [1.29, 1.82) is 0 Å². The van der Waals surface area contributed by atoms with Crippen LogP contribution in [0.2, 0.25) is 0 Å². The molecule has 2 aliphatic rings. The van der Waals surface area contributed by atoms with E-state index in [9.17, 15) is 4.79 Å². The maximum absolute atomic E-state index is 12.5. The second-order valence-electron chi connectivity index (χ2n) is 7.06. The number of hydrogen-bond donors (Lipinski definition) is 0. The normalized spacial score (nSPS) is 18.3. The van der Waals surface area contributed by atoms with Crippen LogP contribution >= 0.6 is 0 Å². The van der Waals surface area contributed by atoms with Crippen molar-refractivity contribution in [3.8, 4) is 11.4 Å². The summed E-state index contributed by atoms with van der Waals surface area (Å²) in [6.45, 7) is 6.57. The number of ether oxygens (including phenoxy) is 2. The number of carbonyl (C=O) groups is 1. The van der Waals surface area contributed by atoms with E-state index in [1.807, 2.05) is 41.6 Å². The molecule has 3 heterocycles. The van der Waals surface area contributed by atoms with Gasteiger partial charge in [-0.3, -0.25) is 14.3 Å². The molecule has 4 rings (SSSR count). The van der Waals surface area contributed by atoms with Crippen LogP contribution in [0.15, 0.2) is 36.7 Å². The average Bonchev–Trinajstić information content (AvgIpc) is 3.25. The molecular weight excluding hydrogens is 358 g/mol. The van der Waals surface area contributed by atoms with E-state index in [-0.39, 0.29) is 5.91 Å². The minimum absolute atomic E-state index is 0.203. The van der Waals surface area contributed by atoms with E-state index in [2.05, 4.69) is 19.4 Å². The van der Waals surface area contributed by atoms with Crippen LogP contribution in [-0.2, 0) is 9.53 Å². The number of anilines is 1. The molecule has 0 aliphatic carbocycles. The van der Waals surface area contributed by atoms with E-state index in [0.29, 0.717) is 32.8 Å². The van der Waals surface area contributed by atoms with Crippen LogP contribution < -0.4 is 9.64 Å². The standard InChI is InChI=1S/C20H27N5O3/c1-27-18-4-2-3-17(15-18)25-6-5-21-20(25)24-9-7-22(8-10-24)16-19(26)23-11-13-28-14-12-23/h2-6,15H,7-14,16H2,1H3. The molecule has 28 heavy (non-hydrogen) atoms. The Bertz CT molecular complexity index is 795. The molecule has 2 saturated heterocycles. The zero-order valence-electron chi connectivity index (χ0n) is 16.3. The van der Waals surface area contributed by atoms with E-state index >= 15 is 0 Å². The molecule has 1 amide bonds. The molecule has 0 radical (unpaired) electrons. The first-order chi connectivity index (χ1) is 13.7. The lowest BCUT2D eigenvalue weighted by Gasteiger charge is -2.36. The van der Waals surface area contributed by atoms with E-state index in [4.69, 9.17) is 9.47 Å². The Hall–Kier alpha value is -2.58. The molecule has 2 fully saturated rings. The number of methoxy groups -OCH3 is 1. The first kappa shape index (κ1) is 18.8. The van der Waals surface area contributed by atoms with Gasteiger partial charge in [0, 0.05) is 57.7 Å². The summed E-state index contributed by atoms with van der Waals surface area (Å²) in [7, 11) is 1.67. The van der Waals surface area contributed by atoms with Gasteiger partial charge in [0.05, 0.1) is 32.6 Å². The van der Waals surface area contributed by atoms with Gasteiger partial charge in [-0.15, -0.1) is 0 Å². The van der Waals surface area contributed by atoms with Crippen LogP contribution in [0.1, 0.15) is 0 Å². The lowest BCUT2D eigenvalue weighted by molar-refractivity contribution is -0.136. The minimum Gasteiger partial charge on any atom is -0.497 e. The largest absolute Gasteiger partial charge is 0.497 e. The van der Waals surface area contributed by atoms with Crippen molar-refractivity contribution in [1.82, 2.24) is 19.4 Å². The third-order valence-electron chi connectivity index (χ3n) is 5.33. The quantitative estimate of drug-likeness (QED) is 0.761. The van der Waals surface area contributed by atoms with Gasteiger partial charge < -0.3 is 19.3 Å². The SMILES string of the molecule is COc1cccc(-n2ccnc2N2CCN(CC(=O)N3CCOCC3)CC2)c1. The van der Waals surface area contributed by atoms with Gasteiger partial charge in [0.25, 0.3) is 0 Å². The molecule has 0 N–H and O–H groups in total. The van der Waals surface area contributed by atoms with Crippen molar-refractivity contribution >= 4 is 11.9 Å². The van der Waals surface area contributed by atoms with Crippen molar-refractivity contribution in [3.63, 3.8) is 0 Å². The highest BCUT2D eigenvalue weighted by atomic mass is 16.5. The fourth-order valence-electron chi connectivity index (χ4n) is 3.70. The summed E-state index contributed by atoms with van der Waals surface area (Å²) >= 11 is 0. The number of morpholine rings is 1. The van der Waals surface area contributed by atoms with Crippen LogP contribution in [0.5, 0.6) is 5.75 Å². The van der Waals surface area contributed by atoms with Crippen LogP contribution in [0.25, 0.3) is 5.69 Å². The molecule has 0 unspecified atom stereocenters. The molecule has 2 aliphatic heterocycles. The molecule has 0 saturated carbocycles. The number of aromatic nitrogens is 2. The minimum atomic E-state index is 0.203. The van der Waals surface area contributed by atoms with Gasteiger partial charge in [-0.25, -0.2) is 4.98 Å². The van der Waals surface area contributed by atoms with Crippen LogP contribution in [0.4, 0.5) is 5.95 Å². The summed E-state index contributed by atoms with van der Waals surface area (Å²) in [5, 5.41) is 0. The van der Waals surface area contributed by atoms with Gasteiger partial charge in [0.1, 0.15) is 5.75 Å². The molecule has 8 heteroatoms. The van der Waals surface area contributed by atoms with E-state index in [1.165, 1.54) is 0 Å². The van der Waals surface area contributed by atoms with Gasteiger partial charge in [0.2, 0.25) is 11.9 Å². The zero-order valence-corrected chi connectivity index (χ0v) is 16.3. The summed E-state index contributed by atoms with van der Waals surface area (Å²) in [6.07, 6.45) is 3.79. The van der Waals surface area contributed by atoms with E-state index in [0.717, 1.165) is 43.6 Å². The number of hydrogen-bond acceptors (Lipinski definition) is 6. The highest BCUT2D eigenvalue weighted by Gasteiger charge is 2.24. The number of benzene rings is 1. The van der Waals surface area contributed by atoms with Gasteiger partial charge in [0.15, 0.2) is 0 Å². The van der Waals surface area contributed by atoms with Crippen molar-refractivity contribution in [3.05, 3.63) is 36.7 Å². The van der Waals surface area contributed by atoms with Crippen molar-refractivity contribution in [2.75, 3.05) is 71.0 Å². The zero-order chi connectivity index (χ0) is 19.3. The monoisotopic (exact) mass is 385 g/mol. The molecular formula is C20H27N5O3. The molecule has 0 spiro atoms. The Morgan fingerprint density at radius 2 is 1.93 bits per heavy atom. The number of nitrogens with zero attached hydrogens (tertiary/aromatic N) is 5. The number of imidazole rings is 1. The van der Waals surface area contributed by atoms with E-state index < -0.39 is 0 Å². The highest BCUT2D eigenvalue weighted by molar-refractivity contribution is 5.78. The fraction of sp³-hybridized carbons (Fsp3) is 0.500. The Morgan fingerprint density at radius 1 is 1.14 bits per heavy atom. The summed E-state index contributed by atoms with van der Waals surface area (Å²) in [6, 6.07) is 7.96. The van der Waals surface area contributed by atoms with Crippen molar-refractivity contribution < 1.29 is 14.3 Å². The van der Waals surface area contributed by atoms with Gasteiger partial charge in [-0.2, -0.15) is 0 Å². The molecule has 1 aromatic carbocycles. The molecule has 2 aromatic rings. The van der Waals surface area contributed by atoms with E-state index in [1.54, 1.807) is 7.11 Å². The fourth-order valence-corrected chi connectivity index (χ4v) is 3.70. The van der Waals surface area contributed by atoms with Crippen molar-refractivity contribution in [2.45, 2.75) is 0 Å². The Kier molecular flexibility index (Phi) is 5.78. The lowest BCUT2D eigenvalue weighted by Crippen LogP contribution is -2.52. The molecule has 8 nitrogen and oxygen atoms in total. The van der Waals surface area contributed by atoms with Crippen molar-refractivity contribution in [2.24, 2.45) is 0 Å². The predicted octanol–water partition coefficient (Wildman–Crippen LogP) is 0.862. The molecule has 1 aromatic heterocycles. The predicted molar refractivity (Wildman–Crippen MR) is 106 cm³/mol. The number of amides is 1. The number of rotatable bonds is 5. The number of carbonyl (C=O) groups excluding carboxylic acids is 1. The number of piperazine rings is 1. The van der Waals surface area contributed by atoms with Crippen LogP contribution in [-0.4, -0.2) is 91.4 Å². The maximum Gasteiger partial charge on any atom is 0.236 e.